The molecule has 5 atom stereocenters. The summed E-state index contributed by atoms with van der Waals surface area (Å²) in [6.07, 6.45) is -5.98. The van der Waals surface area contributed by atoms with Crippen molar-refractivity contribution in [1.29, 1.82) is 0 Å². The highest BCUT2D eigenvalue weighted by Gasteiger charge is 2.50. The maximum Gasteiger partial charge on any atom is 0.115 e. The van der Waals surface area contributed by atoms with E-state index >= 15 is 0 Å². The predicted molar refractivity (Wildman–Crippen MR) is 111 cm³/mol. The van der Waals surface area contributed by atoms with Crippen molar-refractivity contribution in [3.63, 3.8) is 0 Å². The van der Waals surface area contributed by atoms with E-state index in [9.17, 15) is 20.4 Å². The molecule has 2 fully saturated rings. The molecule has 0 bridgehead atoms. The minimum atomic E-state index is -1.38. The van der Waals surface area contributed by atoms with Crippen LogP contribution in [0.5, 0.6) is 0 Å². The van der Waals surface area contributed by atoms with E-state index in [1.165, 1.54) is 0 Å². The van der Waals surface area contributed by atoms with Crippen LogP contribution in [0.1, 0.15) is 11.1 Å². The van der Waals surface area contributed by atoms with Crippen LogP contribution < -0.4 is 0 Å². The number of aliphatic hydroxyl groups excluding tert-OH is 4. The van der Waals surface area contributed by atoms with Crippen molar-refractivity contribution in [2.24, 2.45) is 0 Å². The standard InChI is InChI=1S/C23H30N2O5/c26-15-18-19(27)20(28)21(29)22(30-18)23-24(13-16-7-3-1-4-8-16)11-12-25(23)14-17-9-5-2-6-10-17/h1-10,18-23,26-29H,11-15H2/t18-,19-,20+,21-,22-/m1/s1. The predicted octanol–water partition coefficient (Wildman–Crippen LogP) is 0.173. The zero-order valence-corrected chi connectivity index (χ0v) is 16.9. The molecule has 0 aliphatic carbocycles. The number of ether oxygens (including phenoxy) is 1. The highest BCUT2D eigenvalue weighted by molar-refractivity contribution is 5.17. The first-order valence-corrected chi connectivity index (χ1v) is 10.4. The molecule has 2 aliphatic rings. The lowest BCUT2D eigenvalue weighted by Crippen LogP contribution is -2.65. The molecule has 2 heterocycles. The third-order valence-electron chi connectivity index (χ3n) is 6.10. The van der Waals surface area contributed by atoms with Crippen molar-refractivity contribution >= 4 is 0 Å². The Kier molecular flexibility index (Phi) is 6.80. The van der Waals surface area contributed by atoms with Crippen molar-refractivity contribution in [1.82, 2.24) is 9.80 Å². The van der Waals surface area contributed by atoms with E-state index in [0.29, 0.717) is 13.1 Å². The van der Waals surface area contributed by atoms with Crippen LogP contribution >= 0.6 is 0 Å². The fourth-order valence-corrected chi connectivity index (χ4v) is 4.53. The molecule has 7 heteroatoms. The lowest BCUT2D eigenvalue weighted by atomic mass is 9.93. The van der Waals surface area contributed by atoms with E-state index < -0.39 is 37.1 Å². The largest absolute Gasteiger partial charge is 0.394 e. The van der Waals surface area contributed by atoms with Gasteiger partial charge in [0.05, 0.1) is 12.8 Å². The van der Waals surface area contributed by atoms with Gasteiger partial charge in [0.2, 0.25) is 0 Å². The molecule has 0 amide bonds. The minimum Gasteiger partial charge on any atom is -0.394 e. The maximum atomic E-state index is 10.8. The van der Waals surface area contributed by atoms with Gasteiger partial charge in [-0.2, -0.15) is 0 Å². The molecule has 0 unspecified atom stereocenters. The molecule has 4 rings (SSSR count). The zero-order valence-electron chi connectivity index (χ0n) is 16.9. The third-order valence-corrected chi connectivity index (χ3v) is 6.10. The van der Waals surface area contributed by atoms with Gasteiger partial charge in [0.25, 0.3) is 0 Å². The van der Waals surface area contributed by atoms with E-state index in [1.54, 1.807) is 0 Å². The van der Waals surface area contributed by atoms with Gasteiger partial charge in [-0.1, -0.05) is 60.7 Å². The molecular formula is C23H30N2O5. The summed E-state index contributed by atoms with van der Waals surface area (Å²) in [7, 11) is 0. The van der Waals surface area contributed by atoms with Crippen LogP contribution in [0.25, 0.3) is 0 Å². The fraction of sp³-hybridized carbons (Fsp3) is 0.478. The van der Waals surface area contributed by atoms with Crippen LogP contribution in [0.3, 0.4) is 0 Å². The number of hydrogen-bond acceptors (Lipinski definition) is 7. The highest BCUT2D eigenvalue weighted by Crippen LogP contribution is 2.31. The molecule has 2 saturated heterocycles. The first kappa shape index (κ1) is 21.4. The number of aliphatic hydroxyl groups is 4. The minimum absolute atomic E-state index is 0.309. The second kappa shape index (κ2) is 9.53. The highest BCUT2D eigenvalue weighted by atomic mass is 16.5. The molecular weight excluding hydrogens is 384 g/mol. The molecule has 0 radical (unpaired) electrons. The Morgan fingerprint density at radius 1 is 0.733 bits per heavy atom. The molecule has 0 spiro atoms. The second-order valence-corrected chi connectivity index (χ2v) is 8.12. The smallest absolute Gasteiger partial charge is 0.115 e. The number of nitrogens with zero attached hydrogens (tertiary/aromatic N) is 2. The summed E-state index contributed by atoms with van der Waals surface area (Å²) >= 11 is 0. The Morgan fingerprint density at radius 2 is 1.23 bits per heavy atom. The molecule has 4 N–H and O–H groups in total. The van der Waals surface area contributed by atoms with E-state index in [1.807, 2.05) is 36.4 Å². The van der Waals surface area contributed by atoms with E-state index in [4.69, 9.17) is 4.74 Å². The summed E-state index contributed by atoms with van der Waals surface area (Å²) in [4.78, 5) is 4.45. The quantitative estimate of drug-likeness (QED) is 0.535. The summed E-state index contributed by atoms with van der Waals surface area (Å²) in [6.45, 7) is 2.48. The van der Waals surface area contributed by atoms with Gasteiger partial charge in [-0.15, -0.1) is 0 Å². The van der Waals surface area contributed by atoms with Gasteiger partial charge in [0.1, 0.15) is 30.5 Å². The number of rotatable bonds is 6. The molecule has 7 nitrogen and oxygen atoms in total. The monoisotopic (exact) mass is 414 g/mol. The normalized spacial score (nSPS) is 31.3. The molecule has 30 heavy (non-hydrogen) atoms. The van der Waals surface area contributed by atoms with Crippen LogP contribution in [-0.2, 0) is 17.8 Å². The average molecular weight is 415 g/mol. The van der Waals surface area contributed by atoms with Crippen molar-refractivity contribution in [3.05, 3.63) is 71.8 Å². The van der Waals surface area contributed by atoms with Gasteiger partial charge in [0.15, 0.2) is 0 Å². The average Bonchev–Trinajstić information content (AvgIpc) is 3.15. The van der Waals surface area contributed by atoms with E-state index in [2.05, 4.69) is 34.1 Å². The summed E-state index contributed by atoms with van der Waals surface area (Å²) < 4.78 is 5.96. The number of benzene rings is 2. The molecule has 0 saturated carbocycles. The Balaban J connectivity index is 1.61. The Labute approximate surface area is 176 Å². The second-order valence-electron chi connectivity index (χ2n) is 8.12. The first-order chi connectivity index (χ1) is 14.6. The molecule has 2 aromatic rings. The van der Waals surface area contributed by atoms with E-state index in [-0.39, 0.29) is 6.17 Å². The summed E-state index contributed by atoms with van der Waals surface area (Å²) in [5, 5.41) is 41.0. The maximum absolute atomic E-state index is 10.8. The van der Waals surface area contributed by atoms with Crippen LogP contribution in [0.4, 0.5) is 0 Å². The first-order valence-electron chi connectivity index (χ1n) is 10.4. The van der Waals surface area contributed by atoms with Crippen molar-refractivity contribution in [2.75, 3.05) is 19.7 Å². The van der Waals surface area contributed by atoms with Crippen molar-refractivity contribution < 1.29 is 25.2 Å². The Morgan fingerprint density at radius 3 is 1.70 bits per heavy atom. The topological polar surface area (TPSA) is 96.6 Å². The van der Waals surface area contributed by atoms with Gasteiger partial charge >= 0.3 is 0 Å². The Bertz CT molecular complexity index is 741. The van der Waals surface area contributed by atoms with Crippen LogP contribution in [-0.4, -0.2) is 86.6 Å². The van der Waals surface area contributed by atoms with Gasteiger partial charge in [-0.3, -0.25) is 9.80 Å². The molecule has 0 aromatic heterocycles. The Hall–Kier alpha value is -1.84. The zero-order chi connectivity index (χ0) is 21.1. The molecule has 2 aromatic carbocycles. The SMILES string of the molecule is OC[C@H]1O[C@@H](C2N(Cc3ccccc3)CCN2Cc2ccccc2)[C@H](O)[C@@H](O)[C@@H]1O. The lowest BCUT2D eigenvalue weighted by Gasteiger charge is -2.46. The van der Waals surface area contributed by atoms with Gasteiger partial charge < -0.3 is 25.2 Å². The van der Waals surface area contributed by atoms with Crippen molar-refractivity contribution in [2.45, 2.75) is 49.8 Å². The van der Waals surface area contributed by atoms with E-state index in [0.717, 1.165) is 24.2 Å². The molecule has 2 aliphatic heterocycles. The third kappa shape index (κ3) is 4.43. The lowest BCUT2D eigenvalue weighted by molar-refractivity contribution is -0.250. The summed E-state index contributed by atoms with van der Waals surface area (Å²) in [6, 6.07) is 20.2. The van der Waals surface area contributed by atoms with Crippen LogP contribution in [0.15, 0.2) is 60.7 Å². The van der Waals surface area contributed by atoms with Gasteiger partial charge in [0, 0.05) is 26.2 Å². The van der Waals surface area contributed by atoms with Gasteiger partial charge in [-0.05, 0) is 11.1 Å². The van der Waals surface area contributed by atoms with Crippen LogP contribution in [0.2, 0.25) is 0 Å². The summed E-state index contributed by atoms with van der Waals surface area (Å²) in [5.41, 5.74) is 2.29. The number of hydrogen-bond donors (Lipinski definition) is 4. The van der Waals surface area contributed by atoms with Gasteiger partial charge in [-0.25, -0.2) is 0 Å². The van der Waals surface area contributed by atoms with Crippen LogP contribution in [0, 0.1) is 0 Å². The fourth-order valence-electron chi connectivity index (χ4n) is 4.53. The van der Waals surface area contributed by atoms with Crippen molar-refractivity contribution in [3.8, 4) is 0 Å². The molecule has 162 valence electrons. The summed E-state index contributed by atoms with van der Waals surface area (Å²) in [5.74, 6) is 0.